The van der Waals surface area contributed by atoms with E-state index in [0.717, 1.165) is 91.4 Å². The van der Waals surface area contributed by atoms with Gasteiger partial charge in [0.15, 0.2) is 0 Å². The van der Waals surface area contributed by atoms with Gasteiger partial charge < -0.3 is 25.0 Å². The van der Waals surface area contributed by atoms with Gasteiger partial charge in [-0.05, 0) is 138 Å². The lowest BCUT2D eigenvalue weighted by atomic mass is 9.89. The molecule has 5 aliphatic heterocycles. The Morgan fingerprint density at radius 3 is 2.38 bits per heavy atom. The Labute approximate surface area is 426 Å². The molecule has 72 heavy (non-hydrogen) atoms. The van der Waals surface area contributed by atoms with E-state index in [2.05, 4.69) is 44.2 Å². The predicted molar refractivity (Wildman–Crippen MR) is 274 cm³/mol. The summed E-state index contributed by atoms with van der Waals surface area (Å²) in [5.41, 5.74) is 5.15. The lowest BCUT2D eigenvalue weighted by molar-refractivity contribution is -0.136. The van der Waals surface area contributed by atoms with Crippen molar-refractivity contribution in [3.05, 3.63) is 98.6 Å². The fourth-order valence-corrected chi connectivity index (χ4v) is 13.3. The van der Waals surface area contributed by atoms with Crippen molar-refractivity contribution in [2.75, 3.05) is 59.8 Å². The van der Waals surface area contributed by atoms with Crippen molar-refractivity contribution in [1.82, 2.24) is 30.1 Å². The van der Waals surface area contributed by atoms with Crippen LogP contribution in [-0.2, 0) is 34.5 Å². The second kappa shape index (κ2) is 18.7. The van der Waals surface area contributed by atoms with Gasteiger partial charge in [0.2, 0.25) is 17.7 Å². The molecule has 374 valence electrons. The number of aliphatic hydroxyl groups is 1. The van der Waals surface area contributed by atoms with Crippen molar-refractivity contribution < 1.29 is 37.9 Å². The van der Waals surface area contributed by atoms with Crippen molar-refractivity contribution in [2.24, 2.45) is 0 Å². The first-order chi connectivity index (χ1) is 35.8. The number of nitrogens with one attached hydrogen (secondary N) is 2. The van der Waals surface area contributed by atoms with Crippen molar-refractivity contribution >= 4 is 69.6 Å². The number of piperazine rings is 1. The number of fused-ring (bicyclic) bond motifs is 4. The highest BCUT2D eigenvalue weighted by Gasteiger charge is 2.45. The molecule has 3 saturated heterocycles. The maximum Gasteiger partial charge on any atom is 0.269 e. The molecule has 1 aliphatic carbocycles. The second-order valence-electron chi connectivity index (χ2n) is 20.5. The summed E-state index contributed by atoms with van der Waals surface area (Å²) in [6.07, 6.45) is 11.8. The molecule has 6 aliphatic rings. The highest BCUT2D eigenvalue weighted by atomic mass is 32.1. The van der Waals surface area contributed by atoms with E-state index in [-0.39, 0.29) is 53.5 Å². The molecule has 5 amide bonds. The van der Waals surface area contributed by atoms with Crippen molar-refractivity contribution in [1.29, 1.82) is 0 Å². The quantitative estimate of drug-likeness (QED) is 0.126. The lowest BCUT2D eigenvalue weighted by Gasteiger charge is -2.48. The van der Waals surface area contributed by atoms with Crippen LogP contribution in [0.25, 0.3) is 11.1 Å². The van der Waals surface area contributed by atoms with Gasteiger partial charge in [0, 0.05) is 91.4 Å². The van der Waals surface area contributed by atoms with Gasteiger partial charge in [-0.1, -0.05) is 0 Å². The van der Waals surface area contributed by atoms with Crippen LogP contribution in [-0.4, -0.2) is 123 Å². The van der Waals surface area contributed by atoms with Crippen LogP contribution in [0.2, 0.25) is 0 Å². The van der Waals surface area contributed by atoms with Gasteiger partial charge in [-0.2, -0.15) is 0 Å². The van der Waals surface area contributed by atoms with Gasteiger partial charge in [-0.15, -0.1) is 11.3 Å². The molecule has 3 N–H and O–H groups in total. The molecule has 11 rings (SSSR count). The number of ether oxygens (including phenoxy) is 1. The first kappa shape index (κ1) is 44.0. The molecule has 0 radical (unpaired) electrons. The number of benzene rings is 1. The summed E-state index contributed by atoms with van der Waals surface area (Å²) in [5, 5.41) is 17.3. The van der Waals surface area contributed by atoms with E-state index in [9.17, 15) is 29.1 Å². The Morgan fingerprint density at radius 1 is 0.806 bits per heavy atom. The van der Waals surface area contributed by atoms with Crippen molar-refractivity contribution in [2.45, 2.75) is 115 Å². The van der Waals surface area contributed by atoms with E-state index < -0.39 is 42.3 Å². The number of anilines is 5. The van der Waals surface area contributed by atoms with Crippen LogP contribution in [0.1, 0.15) is 122 Å². The monoisotopic (exact) mass is 995 g/mol. The van der Waals surface area contributed by atoms with Crippen molar-refractivity contribution in [3.8, 4) is 17.0 Å². The molecule has 18 heteroatoms. The minimum atomic E-state index is -2.80. The van der Waals surface area contributed by atoms with Crippen molar-refractivity contribution in [3.63, 3.8) is 0 Å². The zero-order valence-electron chi connectivity index (χ0n) is 43.9. The van der Waals surface area contributed by atoms with Crippen LogP contribution in [0.5, 0.6) is 5.88 Å². The molecule has 1 aromatic carbocycles. The molecule has 0 saturated carbocycles. The van der Waals surface area contributed by atoms with Gasteiger partial charge in [0.1, 0.15) is 23.4 Å². The van der Waals surface area contributed by atoms with E-state index in [0.29, 0.717) is 47.3 Å². The Kier molecular flexibility index (Phi) is 11.4. The third-order valence-electron chi connectivity index (χ3n) is 15.5. The van der Waals surface area contributed by atoms with Crippen LogP contribution in [0, 0.1) is 0 Å². The Bertz CT molecular complexity index is 3140. The van der Waals surface area contributed by atoms with E-state index >= 15 is 0 Å². The summed E-state index contributed by atoms with van der Waals surface area (Å²) in [7, 11) is -2.80. The summed E-state index contributed by atoms with van der Waals surface area (Å²) in [4.78, 5) is 91.3. The molecule has 4 aromatic heterocycles. The summed E-state index contributed by atoms with van der Waals surface area (Å²) in [6, 6.07) is 12.2. The number of thiophene rings is 1. The Hall–Kier alpha value is -6.76. The van der Waals surface area contributed by atoms with Crippen LogP contribution in [0.4, 0.5) is 28.7 Å². The smallest absolute Gasteiger partial charge is 0.269 e. The van der Waals surface area contributed by atoms with Crippen LogP contribution in [0.15, 0.2) is 61.1 Å². The molecule has 0 spiro atoms. The number of aryl methyl sites for hydroxylation is 1. The average molecular weight is 996 g/mol. The maximum absolute atomic E-state index is 14.3. The minimum Gasteiger partial charge on any atom is -0.480 e. The van der Waals surface area contributed by atoms with E-state index in [1.165, 1.54) is 16.6 Å². The van der Waals surface area contributed by atoms with E-state index in [1.807, 2.05) is 18.2 Å². The Morgan fingerprint density at radius 2 is 1.61 bits per heavy atom. The number of carbonyl (C=O) groups excluding carboxylic acids is 5. The fourth-order valence-electron chi connectivity index (χ4n) is 12.0. The molecule has 4 atom stereocenters. The number of aromatic nitrogens is 3. The van der Waals surface area contributed by atoms with Gasteiger partial charge >= 0.3 is 0 Å². The SMILES string of the molecule is [2H]C([2H])([2H])Oc1ncc(-c2ccnc(N3CCc4c(sc5c4CCCC5)C3=O)c2C(C)(C)O)cc1Nc1ccc(N2CCN(C3CCN(c4ccc5c(c4)C(=O)N([C@H]4CCC(=O)NC4=O)C5=O)[C@@H](C)C3)C[C@@H]2C)cn1. The summed E-state index contributed by atoms with van der Waals surface area (Å²) >= 11 is 1.59. The summed E-state index contributed by atoms with van der Waals surface area (Å²) in [6.45, 7) is 11.3. The minimum absolute atomic E-state index is 0.0659. The lowest BCUT2D eigenvalue weighted by Crippen LogP contribution is -2.58. The molecule has 17 nitrogen and oxygen atoms in total. The van der Waals surface area contributed by atoms with Crippen LogP contribution >= 0.6 is 11.3 Å². The number of methoxy groups -OCH3 is 1. The summed E-state index contributed by atoms with van der Waals surface area (Å²) < 4.78 is 29.1. The fraction of sp³-hybridized carbons (Fsp3) is 0.444. The molecular weight excluding hydrogens is 933 g/mol. The van der Waals surface area contributed by atoms with E-state index in [1.54, 1.807) is 66.7 Å². The number of piperidine rings is 2. The standard InChI is InChI=1S/C54H60N10O7S/c1-30-24-33(17-20-61(30)34-10-12-39-40(26-34)52(68)64(51(39)67)42-13-15-45(65)59-49(42)66)60-22-23-62(31(2)29-60)35-11-14-44(56-28-35)58-41-25-32(27-57-50(41)71-5)36-16-19-55-48(46(36)54(3,4)70)63-21-18-38-37-8-6-7-9-43(37)72-47(38)53(63)69/h10-12,14,16,19,25-28,30-31,33,42,70H,6-9,13,15,17-18,20-24,29H2,1-5H3,(H,56,58)(H,59,65,66)/t30-,31-,33?,42-/m0/s1/i5D3. The molecule has 0 bridgehead atoms. The Balaban J connectivity index is 0.761. The van der Waals surface area contributed by atoms with Gasteiger partial charge in [-0.25, -0.2) is 15.0 Å². The predicted octanol–water partition coefficient (Wildman–Crippen LogP) is 6.63. The zero-order valence-corrected chi connectivity index (χ0v) is 41.7. The van der Waals surface area contributed by atoms with E-state index in [4.69, 9.17) is 18.8 Å². The maximum atomic E-state index is 14.3. The largest absolute Gasteiger partial charge is 0.480 e. The number of amides is 5. The number of carbonyl (C=O) groups is 5. The van der Waals surface area contributed by atoms with Gasteiger partial charge in [0.05, 0.1) is 44.6 Å². The number of pyridine rings is 3. The number of nitrogens with zero attached hydrogens (tertiary/aromatic N) is 8. The molecule has 3 fully saturated rings. The second-order valence-corrected chi connectivity index (χ2v) is 21.6. The molecule has 9 heterocycles. The number of rotatable bonds is 10. The highest BCUT2D eigenvalue weighted by Crippen LogP contribution is 2.44. The third-order valence-corrected chi connectivity index (χ3v) is 16.8. The highest BCUT2D eigenvalue weighted by molar-refractivity contribution is 7.14. The number of hydrogen-bond donors (Lipinski definition) is 3. The number of hydrogen-bond acceptors (Lipinski definition) is 15. The molecular formula is C54H60N10O7S. The van der Waals surface area contributed by atoms with Crippen LogP contribution in [0.3, 0.4) is 0 Å². The molecule has 5 aromatic rings. The average Bonchev–Trinajstić information content (AvgIpc) is 3.87. The van der Waals surface area contributed by atoms with Crippen LogP contribution < -0.4 is 30.1 Å². The first-order valence-corrected chi connectivity index (χ1v) is 25.9. The first-order valence-electron chi connectivity index (χ1n) is 26.5. The number of imide groups is 2. The van der Waals surface area contributed by atoms with Gasteiger partial charge in [0.25, 0.3) is 17.7 Å². The topological polar surface area (TPSA) is 194 Å². The molecule has 1 unspecified atom stereocenters. The third kappa shape index (κ3) is 8.45. The summed E-state index contributed by atoms with van der Waals surface area (Å²) in [5.74, 6) is -1.56. The zero-order chi connectivity index (χ0) is 52.7. The normalized spacial score (nSPS) is 23.5. The van der Waals surface area contributed by atoms with Gasteiger partial charge in [-0.3, -0.25) is 44.0 Å².